The summed E-state index contributed by atoms with van der Waals surface area (Å²) < 4.78 is 14.3. The fourth-order valence-corrected chi connectivity index (χ4v) is 2.21. The van der Waals surface area contributed by atoms with E-state index in [1.807, 2.05) is 26.1 Å². The maximum atomic E-state index is 13.2. The predicted molar refractivity (Wildman–Crippen MR) is 74.0 cm³/mol. The van der Waals surface area contributed by atoms with Crippen molar-refractivity contribution in [1.82, 2.24) is 10.3 Å². The van der Waals surface area contributed by atoms with E-state index in [2.05, 4.69) is 32.3 Å². The molecule has 2 rings (SSSR count). The van der Waals surface area contributed by atoms with Crippen molar-refractivity contribution in [2.24, 2.45) is 0 Å². The van der Waals surface area contributed by atoms with Gasteiger partial charge in [-0.25, -0.2) is 4.39 Å². The Morgan fingerprint density at radius 1 is 1.22 bits per heavy atom. The van der Waals surface area contributed by atoms with E-state index in [1.54, 1.807) is 6.20 Å². The molecule has 94 valence electrons. The molecule has 0 bridgehead atoms. The van der Waals surface area contributed by atoms with E-state index in [-0.39, 0.29) is 11.9 Å². The summed E-state index contributed by atoms with van der Waals surface area (Å²) >= 11 is 3.48. The van der Waals surface area contributed by atoms with Gasteiger partial charge in [0.25, 0.3) is 0 Å². The van der Waals surface area contributed by atoms with Crippen LogP contribution in [0.1, 0.15) is 22.7 Å². The first-order chi connectivity index (χ1) is 8.61. The average Bonchev–Trinajstić information content (AvgIpc) is 2.35. The molecule has 0 saturated heterocycles. The number of aromatic nitrogens is 1. The summed E-state index contributed by atoms with van der Waals surface area (Å²) in [6, 6.07) is 7.55. The summed E-state index contributed by atoms with van der Waals surface area (Å²) in [7, 11) is 1.85. The van der Waals surface area contributed by atoms with E-state index in [0.717, 1.165) is 21.2 Å². The second-order valence-electron chi connectivity index (χ2n) is 4.17. The van der Waals surface area contributed by atoms with E-state index in [4.69, 9.17) is 0 Å². The zero-order chi connectivity index (χ0) is 13.1. The first-order valence-corrected chi connectivity index (χ1v) is 6.45. The molecule has 1 unspecified atom stereocenters. The van der Waals surface area contributed by atoms with E-state index in [1.165, 1.54) is 12.3 Å². The molecule has 0 fully saturated rings. The highest BCUT2D eigenvalue weighted by molar-refractivity contribution is 9.10. The molecule has 0 amide bonds. The van der Waals surface area contributed by atoms with Crippen molar-refractivity contribution in [2.45, 2.75) is 13.0 Å². The summed E-state index contributed by atoms with van der Waals surface area (Å²) in [5, 5.41) is 3.19. The summed E-state index contributed by atoms with van der Waals surface area (Å²) in [6.45, 7) is 2.03. The van der Waals surface area contributed by atoms with Crippen LogP contribution in [0.4, 0.5) is 4.39 Å². The molecule has 0 radical (unpaired) electrons. The smallest absolute Gasteiger partial charge is 0.141 e. The van der Waals surface area contributed by atoms with Crippen LogP contribution in [-0.4, -0.2) is 12.0 Å². The molecule has 2 nitrogen and oxygen atoms in total. The lowest BCUT2D eigenvalue weighted by molar-refractivity contribution is 0.608. The second kappa shape index (κ2) is 5.59. The van der Waals surface area contributed by atoms with Crippen LogP contribution in [0, 0.1) is 12.7 Å². The van der Waals surface area contributed by atoms with Crippen LogP contribution in [0.25, 0.3) is 0 Å². The van der Waals surface area contributed by atoms with Gasteiger partial charge in [0.2, 0.25) is 0 Å². The molecule has 1 N–H and O–H groups in total. The third kappa shape index (κ3) is 2.76. The Morgan fingerprint density at radius 2 is 2.00 bits per heavy atom. The number of pyridine rings is 1. The lowest BCUT2D eigenvalue weighted by atomic mass is 9.99. The molecule has 18 heavy (non-hydrogen) atoms. The van der Waals surface area contributed by atoms with Gasteiger partial charge in [-0.1, -0.05) is 28.1 Å². The van der Waals surface area contributed by atoms with Crippen molar-refractivity contribution < 1.29 is 4.39 Å². The number of hydrogen-bond donors (Lipinski definition) is 1. The molecular formula is C14H14BrFN2. The molecule has 1 aromatic heterocycles. The Labute approximate surface area is 114 Å². The fourth-order valence-electron chi connectivity index (χ4n) is 1.96. The van der Waals surface area contributed by atoms with Gasteiger partial charge in [-0.2, -0.15) is 0 Å². The van der Waals surface area contributed by atoms with E-state index in [0.29, 0.717) is 0 Å². The van der Waals surface area contributed by atoms with Crippen molar-refractivity contribution in [1.29, 1.82) is 0 Å². The van der Waals surface area contributed by atoms with Gasteiger partial charge in [0.05, 0.1) is 12.2 Å². The Bertz CT molecular complexity index is 557. The number of rotatable bonds is 3. The van der Waals surface area contributed by atoms with Crippen LogP contribution >= 0.6 is 15.9 Å². The van der Waals surface area contributed by atoms with Crippen molar-refractivity contribution in [3.63, 3.8) is 0 Å². The van der Waals surface area contributed by atoms with Gasteiger partial charge in [0.15, 0.2) is 0 Å². The Balaban J connectivity index is 2.42. The Kier molecular flexibility index (Phi) is 4.09. The quantitative estimate of drug-likeness (QED) is 0.937. The number of hydrogen-bond acceptors (Lipinski definition) is 2. The van der Waals surface area contributed by atoms with Gasteiger partial charge in [0.1, 0.15) is 5.82 Å². The first-order valence-electron chi connectivity index (χ1n) is 5.65. The number of benzene rings is 1. The van der Waals surface area contributed by atoms with E-state index >= 15 is 0 Å². The Hall–Kier alpha value is -1.26. The lowest BCUT2D eigenvalue weighted by Gasteiger charge is -2.17. The van der Waals surface area contributed by atoms with Crippen LogP contribution in [0.5, 0.6) is 0 Å². The van der Waals surface area contributed by atoms with Crippen LogP contribution in [-0.2, 0) is 0 Å². The minimum Gasteiger partial charge on any atom is -0.309 e. The summed E-state index contributed by atoms with van der Waals surface area (Å²) in [5.74, 6) is -0.318. The van der Waals surface area contributed by atoms with Gasteiger partial charge < -0.3 is 5.32 Å². The monoisotopic (exact) mass is 308 g/mol. The fraction of sp³-hybridized carbons (Fsp3) is 0.214. The molecule has 4 heteroatoms. The molecule has 1 atom stereocenters. The first kappa shape index (κ1) is 13.2. The van der Waals surface area contributed by atoms with E-state index < -0.39 is 0 Å². The minimum atomic E-state index is -0.318. The maximum Gasteiger partial charge on any atom is 0.141 e. The van der Waals surface area contributed by atoms with Gasteiger partial charge in [-0.05, 0) is 42.8 Å². The standard InChI is InChI=1S/C14H14BrFN2/c1-9-5-10(3-4-13(9)15)14(17-2)11-6-12(16)8-18-7-11/h3-8,14,17H,1-2H3. The third-order valence-corrected chi connectivity index (χ3v) is 3.75. The summed E-state index contributed by atoms with van der Waals surface area (Å²) in [6.07, 6.45) is 2.89. The molecule has 2 aromatic rings. The lowest BCUT2D eigenvalue weighted by Crippen LogP contribution is -2.18. The Morgan fingerprint density at radius 3 is 2.61 bits per heavy atom. The van der Waals surface area contributed by atoms with Crippen molar-refractivity contribution in [2.75, 3.05) is 7.05 Å². The van der Waals surface area contributed by atoms with Crippen molar-refractivity contribution in [3.8, 4) is 0 Å². The summed E-state index contributed by atoms with van der Waals surface area (Å²) in [5.41, 5.74) is 3.06. The molecule has 0 aliphatic heterocycles. The van der Waals surface area contributed by atoms with Crippen molar-refractivity contribution in [3.05, 3.63) is 63.6 Å². The molecule has 1 heterocycles. The number of nitrogens with one attached hydrogen (secondary N) is 1. The van der Waals surface area contributed by atoms with Crippen LogP contribution in [0.2, 0.25) is 0 Å². The van der Waals surface area contributed by atoms with Crippen LogP contribution in [0.15, 0.2) is 41.1 Å². The molecular weight excluding hydrogens is 295 g/mol. The number of aryl methyl sites for hydroxylation is 1. The third-order valence-electron chi connectivity index (χ3n) is 2.86. The highest BCUT2D eigenvalue weighted by atomic mass is 79.9. The normalized spacial score (nSPS) is 12.4. The highest BCUT2D eigenvalue weighted by Crippen LogP contribution is 2.25. The average molecular weight is 309 g/mol. The predicted octanol–water partition coefficient (Wildman–Crippen LogP) is 3.60. The SMILES string of the molecule is CNC(c1cncc(F)c1)c1ccc(Br)c(C)c1. The number of nitrogens with zero attached hydrogens (tertiary/aromatic N) is 1. The van der Waals surface area contributed by atoms with Crippen molar-refractivity contribution >= 4 is 15.9 Å². The molecule has 1 aromatic carbocycles. The maximum absolute atomic E-state index is 13.2. The molecule has 0 aliphatic rings. The van der Waals surface area contributed by atoms with Crippen LogP contribution < -0.4 is 5.32 Å². The van der Waals surface area contributed by atoms with Gasteiger partial charge in [-0.3, -0.25) is 4.98 Å². The minimum absolute atomic E-state index is 0.0556. The zero-order valence-corrected chi connectivity index (χ0v) is 11.8. The molecule has 0 saturated carbocycles. The largest absolute Gasteiger partial charge is 0.309 e. The zero-order valence-electron chi connectivity index (χ0n) is 10.2. The summed E-state index contributed by atoms with van der Waals surface area (Å²) in [4.78, 5) is 3.89. The molecule has 0 aliphatic carbocycles. The van der Waals surface area contributed by atoms with E-state index in [9.17, 15) is 4.39 Å². The van der Waals surface area contributed by atoms with Gasteiger partial charge >= 0.3 is 0 Å². The molecule has 0 spiro atoms. The topological polar surface area (TPSA) is 24.9 Å². The number of halogens is 2. The van der Waals surface area contributed by atoms with Crippen LogP contribution in [0.3, 0.4) is 0 Å². The van der Waals surface area contributed by atoms with Gasteiger partial charge in [0, 0.05) is 10.7 Å². The highest BCUT2D eigenvalue weighted by Gasteiger charge is 2.13. The van der Waals surface area contributed by atoms with Gasteiger partial charge in [-0.15, -0.1) is 0 Å². The second-order valence-corrected chi connectivity index (χ2v) is 5.02.